The molecular formula is C44H28N4O. The predicted octanol–water partition coefficient (Wildman–Crippen LogP) is 11.2. The zero-order chi connectivity index (χ0) is 32.6. The molecule has 0 aliphatic carbocycles. The highest BCUT2D eigenvalue weighted by molar-refractivity contribution is 6.06. The Morgan fingerprint density at radius 3 is 1.47 bits per heavy atom. The number of rotatable bonds is 6. The third-order valence-electron chi connectivity index (χ3n) is 8.83. The van der Waals surface area contributed by atoms with Gasteiger partial charge in [-0.15, -0.1) is 0 Å². The van der Waals surface area contributed by atoms with Crippen molar-refractivity contribution < 1.29 is 4.42 Å². The maximum atomic E-state index is 6.12. The van der Waals surface area contributed by atoms with E-state index < -0.39 is 0 Å². The third kappa shape index (κ3) is 5.53. The molecule has 230 valence electrons. The molecule has 6 aromatic carbocycles. The second-order valence-electron chi connectivity index (χ2n) is 12.0. The van der Waals surface area contributed by atoms with Crippen molar-refractivity contribution in [2.45, 2.75) is 0 Å². The van der Waals surface area contributed by atoms with Gasteiger partial charge in [-0.05, 0) is 88.0 Å². The number of pyridine rings is 1. The highest BCUT2D eigenvalue weighted by Gasteiger charge is 2.16. The Labute approximate surface area is 283 Å². The van der Waals surface area contributed by atoms with E-state index >= 15 is 0 Å². The SMILES string of the molecule is c1ccc(-c2cc(-c3ccc(-c4ccncc4)cc3)cc(-c3nc(-c4ccccc4)nc(-c4ccc5oc6ccccc6c5c4)n3)c2)cc1. The molecule has 0 aliphatic rings. The van der Waals surface area contributed by atoms with Crippen molar-refractivity contribution in [2.24, 2.45) is 0 Å². The summed E-state index contributed by atoms with van der Waals surface area (Å²) in [5.74, 6) is 1.82. The van der Waals surface area contributed by atoms with Gasteiger partial charge in [-0.25, -0.2) is 15.0 Å². The van der Waals surface area contributed by atoms with Gasteiger partial charge in [0.15, 0.2) is 17.5 Å². The van der Waals surface area contributed by atoms with Crippen molar-refractivity contribution in [3.05, 3.63) is 170 Å². The summed E-state index contributed by atoms with van der Waals surface area (Å²) in [6.07, 6.45) is 3.64. The summed E-state index contributed by atoms with van der Waals surface area (Å²) < 4.78 is 6.12. The van der Waals surface area contributed by atoms with Gasteiger partial charge in [-0.3, -0.25) is 4.98 Å². The van der Waals surface area contributed by atoms with E-state index in [9.17, 15) is 0 Å². The molecule has 0 bridgehead atoms. The van der Waals surface area contributed by atoms with Crippen LogP contribution in [0.5, 0.6) is 0 Å². The molecular weight excluding hydrogens is 601 g/mol. The summed E-state index contributed by atoms with van der Waals surface area (Å²) in [4.78, 5) is 19.4. The first kappa shape index (κ1) is 28.5. The van der Waals surface area contributed by atoms with E-state index in [2.05, 4.69) is 83.8 Å². The first-order chi connectivity index (χ1) is 24.2. The minimum atomic E-state index is 0.601. The lowest BCUT2D eigenvalue weighted by Gasteiger charge is -2.13. The Morgan fingerprint density at radius 2 is 0.776 bits per heavy atom. The minimum absolute atomic E-state index is 0.601. The van der Waals surface area contributed by atoms with Gasteiger partial charge in [0, 0.05) is 39.9 Å². The molecule has 5 heteroatoms. The molecule has 3 heterocycles. The Morgan fingerprint density at radius 1 is 0.306 bits per heavy atom. The largest absolute Gasteiger partial charge is 0.456 e. The van der Waals surface area contributed by atoms with Crippen LogP contribution in [-0.4, -0.2) is 19.9 Å². The van der Waals surface area contributed by atoms with E-state index in [1.807, 2.05) is 91.3 Å². The normalized spacial score (nSPS) is 11.3. The third-order valence-corrected chi connectivity index (χ3v) is 8.83. The highest BCUT2D eigenvalue weighted by Crippen LogP contribution is 2.36. The number of hydrogen-bond acceptors (Lipinski definition) is 5. The van der Waals surface area contributed by atoms with E-state index in [1.54, 1.807) is 0 Å². The second kappa shape index (κ2) is 12.1. The highest BCUT2D eigenvalue weighted by atomic mass is 16.3. The molecule has 0 aliphatic heterocycles. The summed E-state index contributed by atoms with van der Waals surface area (Å²) in [5.41, 5.74) is 11.1. The monoisotopic (exact) mass is 628 g/mol. The standard InChI is InChI=1S/C44H28N4O/c1-3-9-29(10-4-1)35-25-36(31-17-15-30(16-18-31)32-21-23-45-24-22-32)27-37(26-35)44-47-42(33-11-5-2-6-12-33)46-43(48-44)34-19-20-41-39(28-34)38-13-7-8-14-40(38)49-41/h1-28H. The molecule has 0 N–H and O–H groups in total. The molecule has 5 nitrogen and oxygen atoms in total. The zero-order valence-electron chi connectivity index (χ0n) is 26.4. The molecule has 0 saturated carbocycles. The summed E-state index contributed by atoms with van der Waals surface area (Å²) in [5, 5.41) is 2.09. The second-order valence-corrected chi connectivity index (χ2v) is 12.0. The molecule has 0 spiro atoms. The number of furan rings is 1. The average molecular weight is 629 g/mol. The maximum Gasteiger partial charge on any atom is 0.164 e. The lowest BCUT2D eigenvalue weighted by atomic mass is 9.94. The van der Waals surface area contributed by atoms with Crippen molar-refractivity contribution in [2.75, 3.05) is 0 Å². The van der Waals surface area contributed by atoms with Gasteiger partial charge in [0.05, 0.1) is 0 Å². The van der Waals surface area contributed by atoms with Crippen LogP contribution in [0.4, 0.5) is 0 Å². The Hall–Kier alpha value is -6.72. The first-order valence-electron chi connectivity index (χ1n) is 16.2. The zero-order valence-corrected chi connectivity index (χ0v) is 26.4. The van der Waals surface area contributed by atoms with Crippen LogP contribution in [-0.2, 0) is 0 Å². The number of benzene rings is 6. The molecule has 0 saturated heterocycles. The number of nitrogens with zero attached hydrogens (tertiary/aromatic N) is 4. The number of hydrogen-bond donors (Lipinski definition) is 0. The van der Waals surface area contributed by atoms with Crippen molar-refractivity contribution in [1.82, 2.24) is 19.9 Å². The van der Waals surface area contributed by atoms with Crippen molar-refractivity contribution >= 4 is 21.9 Å². The lowest BCUT2D eigenvalue weighted by molar-refractivity contribution is 0.669. The van der Waals surface area contributed by atoms with E-state index in [0.717, 1.165) is 72.0 Å². The van der Waals surface area contributed by atoms with Crippen molar-refractivity contribution in [3.8, 4) is 67.5 Å². The van der Waals surface area contributed by atoms with Crippen LogP contribution in [0.1, 0.15) is 0 Å². The van der Waals surface area contributed by atoms with Crippen LogP contribution in [0.15, 0.2) is 175 Å². The quantitative estimate of drug-likeness (QED) is 0.183. The lowest BCUT2D eigenvalue weighted by Crippen LogP contribution is -2.00. The van der Waals surface area contributed by atoms with Gasteiger partial charge in [0.2, 0.25) is 0 Å². The van der Waals surface area contributed by atoms with Crippen LogP contribution in [0.2, 0.25) is 0 Å². The van der Waals surface area contributed by atoms with E-state index in [-0.39, 0.29) is 0 Å². The molecule has 0 amide bonds. The molecule has 49 heavy (non-hydrogen) atoms. The van der Waals surface area contributed by atoms with Gasteiger partial charge >= 0.3 is 0 Å². The molecule has 0 radical (unpaired) electrons. The fourth-order valence-electron chi connectivity index (χ4n) is 6.34. The van der Waals surface area contributed by atoms with Gasteiger partial charge in [-0.2, -0.15) is 0 Å². The molecule has 9 rings (SSSR count). The van der Waals surface area contributed by atoms with Crippen molar-refractivity contribution in [3.63, 3.8) is 0 Å². The molecule has 0 unspecified atom stereocenters. The summed E-state index contributed by atoms with van der Waals surface area (Å²) in [7, 11) is 0. The van der Waals surface area contributed by atoms with Crippen molar-refractivity contribution in [1.29, 1.82) is 0 Å². The molecule has 0 atom stereocenters. The molecule has 9 aromatic rings. The van der Waals surface area contributed by atoms with E-state index in [0.29, 0.717) is 17.5 Å². The molecule has 3 aromatic heterocycles. The van der Waals surface area contributed by atoms with Gasteiger partial charge in [0.1, 0.15) is 11.2 Å². The van der Waals surface area contributed by atoms with Crippen LogP contribution in [0, 0.1) is 0 Å². The predicted molar refractivity (Wildman–Crippen MR) is 198 cm³/mol. The number of para-hydroxylation sites is 1. The van der Waals surface area contributed by atoms with Crippen LogP contribution >= 0.6 is 0 Å². The maximum absolute atomic E-state index is 6.12. The van der Waals surface area contributed by atoms with Crippen LogP contribution in [0.25, 0.3) is 89.5 Å². The fourth-order valence-corrected chi connectivity index (χ4v) is 6.34. The average Bonchev–Trinajstić information content (AvgIpc) is 3.57. The Balaban J connectivity index is 1.22. The Kier molecular flexibility index (Phi) is 7.06. The summed E-state index contributed by atoms with van der Waals surface area (Å²) in [6.45, 7) is 0. The van der Waals surface area contributed by atoms with Crippen LogP contribution in [0.3, 0.4) is 0 Å². The minimum Gasteiger partial charge on any atom is -0.456 e. The van der Waals surface area contributed by atoms with E-state index in [1.165, 1.54) is 0 Å². The van der Waals surface area contributed by atoms with E-state index in [4.69, 9.17) is 19.4 Å². The van der Waals surface area contributed by atoms with Gasteiger partial charge in [0.25, 0.3) is 0 Å². The first-order valence-corrected chi connectivity index (χ1v) is 16.2. The van der Waals surface area contributed by atoms with Crippen LogP contribution < -0.4 is 0 Å². The van der Waals surface area contributed by atoms with Gasteiger partial charge in [-0.1, -0.05) is 103 Å². The topological polar surface area (TPSA) is 64.7 Å². The summed E-state index contributed by atoms with van der Waals surface area (Å²) in [6, 6.07) is 54.0. The smallest absolute Gasteiger partial charge is 0.164 e. The number of fused-ring (bicyclic) bond motifs is 3. The number of aromatic nitrogens is 4. The Bertz CT molecular complexity index is 2580. The summed E-state index contributed by atoms with van der Waals surface area (Å²) >= 11 is 0. The molecule has 0 fully saturated rings. The fraction of sp³-hybridized carbons (Fsp3) is 0. The van der Waals surface area contributed by atoms with Gasteiger partial charge < -0.3 is 4.42 Å².